The molecule has 1 aromatic carbocycles. The second-order valence-electron chi connectivity index (χ2n) is 6.16. The van der Waals surface area contributed by atoms with E-state index < -0.39 is 11.6 Å². The number of esters is 1. The summed E-state index contributed by atoms with van der Waals surface area (Å²) < 4.78 is 5.56. The predicted octanol–water partition coefficient (Wildman–Crippen LogP) is 2.21. The molecule has 1 aliphatic carbocycles. The number of anilines is 2. The third-order valence-electron chi connectivity index (χ3n) is 4.34. The van der Waals surface area contributed by atoms with Gasteiger partial charge in [0.15, 0.2) is 5.66 Å². The molecule has 1 aliphatic heterocycles. The lowest BCUT2D eigenvalue weighted by atomic mass is 9.98. The van der Waals surface area contributed by atoms with Gasteiger partial charge in [-0.05, 0) is 50.8 Å². The van der Waals surface area contributed by atoms with E-state index in [4.69, 9.17) is 10.5 Å². The molecule has 2 aliphatic rings. The van der Waals surface area contributed by atoms with Crippen molar-refractivity contribution in [2.24, 2.45) is 5.73 Å². The fraction of sp³-hybridized carbons (Fsp3) is 0.500. The number of carbonyl (C=O) groups is 2. The third kappa shape index (κ3) is 2.73. The molecule has 1 atom stereocenters. The first-order chi connectivity index (χ1) is 10.5. The Labute approximate surface area is 129 Å². The third-order valence-corrected chi connectivity index (χ3v) is 4.34. The highest BCUT2D eigenvalue weighted by atomic mass is 16.5. The number of hydrogen-bond acceptors (Lipinski definition) is 5. The van der Waals surface area contributed by atoms with Gasteiger partial charge in [0.05, 0.1) is 16.9 Å². The van der Waals surface area contributed by atoms with E-state index >= 15 is 0 Å². The van der Waals surface area contributed by atoms with Crippen molar-refractivity contribution in [2.45, 2.75) is 50.8 Å². The molecule has 0 radical (unpaired) electrons. The second-order valence-corrected chi connectivity index (χ2v) is 6.16. The first-order valence-electron chi connectivity index (χ1n) is 7.69. The maximum atomic E-state index is 12.2. The Bertz CT molecular complexity index is 611. The number of amides is 1. The number of hydrogen-bond donors (Lipinski definition) is 3. The molecule has 1 fully saturated rings. The normalized spacial score (nSPS) is 24.0. The lowest BCUT2D eigenvalue weighted by Crippen LogP contribution is -2.50. The minimum absolute atomic E-state index is 0.0245. The average Bonchev–Trinajstić information content (AvgIpc) is 2.85. The highest BCUT2D eigenvalue weighted by Gasteiger charge is 2.37. The van der Waals surface area contributed by atoms with Crippen molar-refractivity contribution in [3.05, 3.63) is 23.8 Å². The molecule has 0 saturated heterocycles. The van der Waals surface area contributed by atoms with Gasteiger partial charge in [0.25, 0.3) is 5.91 Å². The summed E-state index contributed by atoms with van der Waals surface area (Å²) in [6.07, 6.45) is 5.35. The van der Waals surface area contributed by atoms with Crippen LogP contribution in [0.15, 0.2) is 18.2 Å². The number of carbonyl (C=O) groups excluding carboxylic acids is 2. The van der Waals surface area contributed by atoms with Crippen molar-refractivity contribution in [1.82, 2.24) is 0 Å². The van der Waals surface area contributed by atoms with Gasteiger partial charge in [0.1, 0.15) is 6.10 Å². The summed E-state index contributed by atoms with van der Waals surface area (Å²) in [5.74, 6) is -0.820. The molecule has 6 heteroatoms. The van der Waals surface area contributed by atoms with Crippen molar-refractivity contribution in [1.29, 1.82) is 0 Å². The fourth-order valence-corrected chi connectivity index (χ4v) is 2.98. The van der Waals surface area contributed by atoms with Gasteiger partial charge >= 0.3 is 5.97 Å². The summed E-state index contributed by atoms with van der Waals surface area (Å²) in [7, 11) is 0. The molecule has 1 unspecified atom stereocenters. The molecule has 4 N–H and O–H groups in total. The zero-order chi connectivity index (χ0) is 15.7. The monoisotopic (exact) mass is 303 g/mol. The summed E-state index contributed by atoms with van der Waals surface area (Å²) in [5, 5.41) is 6.04. The molecule has 1 amide bonds. The van der Waals surface area contributed by atoms with Crippen molar-refractivity contribution in [3.8, 4) is 0 Å². The van der Waals surface area contributed by atoms with E-state index in [2.05, 4.69) is 10.6 Å². The second kappa shape index (κ2) is 5.51. The molecule has 3 rings (SSSR count). The van der Waals surface area contributed by atoms with Crippen molar-refractivity contribution in [2.75, 3.05) is 10.6 Å². The lowest BCUT2D eigenvalue weighted by Gasteiger charge is -2.22. The standard InChI is InChI=1S/C16H21N3O3/c1-16(15(17)21)18-12-8-7-10(9-13(12)19-16)14(20)22-11-5-3-2-4-6-11/h7-9,11,18-19H,2-6H2,1H3,(H2,17,21). The zero-order valence-corrected chi connectivity index (χ0v) is 12.6. The number of fused-ring (bicyclic) bond motifs is 1. The van der Waals surface area contributed by atoms with Gasteiger partial charge in [-0.15, -0.1) is 0 Å². The first kappa shape index (κ1) is 14.7. The smallest absolute Gasteiger partial charge is 0.338 e. The van der Waals surface area contributed by atoms with Gasteiger partial charge in [0, 0.05) is 0 Å². The van der Waals surface area contributed by atoms with Gasteiger partial charge in [-0.2, -0.15) is 0 Å². The topological polar surface area (TPSA) is 93.5 Å². The number of primary amides is 1. The van der Waals surface area contributed by atoms with Gasteiger partial charge in [0.2, 0.25) is 0 Å². The number of rotatable bonds is 3. The molecule has 0 bridgehead atoms. The van der Waals surface area contributed by atoms with Crippen LogP contribution in [-0.4, -0.2) is 23.6 Å². The van der Waals surface area contributed by atoms with Crippen molar-refractivity contribution in [3.63, 3.8) is 0 Å². The van der Waals surface area contributed by atoms with E-state index in [-0.39, 0.29) is 12.1 Å². The van der Waals surface area contributed by atoms with E-state index in [9.17, 15) is 9.59 Å². The number of benzene rings is 1. The highest BCUT2D eigenvalue weighted by molar-refractivity contribution is 5.98. The molecule has 6 nitrogen and oxygen atoms in total. The Kier molecular flexibility index (Phi) is 3.68. The minimum atomic E-state index is -1.03. The zero-order valence-electron chi connectivity index (χ0n) is 12.6. The molecule has 0 aromatic heterocycles. The van der Waals surface area contributed by atoms with E-state index in [1.165, 1.54) is 6.42 Å². The number of nitrogens with two attached hydrogens (primary N) is 1. The molecule has 1 heterocycles. The van der Waals surface area contributed by atoms with Crippen LogP contribution in [0.4, 0.5) is 11.4 Å². The molecule has 0 spiro atoms. The lowest BCUT2D eigenvalue weighted by molar-refractivity contribution is -0.120. The Morgan fingerprint density at radius 3 is 2.55 bits per heavy atom. The first-order valence-corrected chi connectivity index (χ1v) is 7.69. The Morgan fingerprint density at radius 1 is 1.18 bits per heavy atom. The molecule has 22 heavy (non-hydrogen) atoms. The number of nitrogens with one attached hydrogen (secondary N) is 2. The summed E-state index contributed by atoms with van der Waals surface area (Å²) in [5.41, 5.74) is 6.25. The van der Waals surface area contributed by atoms with Crippen LogP contribution in [0.1, 0.15) is 49.4 Å². The van der Waals surface area contributed by atoms with Crippen molar-refractivity contribution < 1.29 is 14.3 Å². The van der Waals surface area contributed by atoms with E-state index in [0.717, 1.165) is 31.4 Å². The van der Waals surface area contributed by atoms with Gasteiger partial charge < -0.3 is 21.1 Å². The SMILES string of the molecule is CC1(C(N)=O)Nc2ccc(C(=O)OC3CCCCC3)cc2N1. The molecule has 1 aromatic rings. The van der Waals surface area contributed by atoms with Crippen molar-refractivity contribution >= 4 is 23.3 Å². The van der Waals surface area contributed by atoms with Gasteiger partial charge in [-0.3, -0.25) is 4.79 Å². The van der Waals surface area contributed by atoms with Crippen LogP contribution in [-0.2, 0) is 9.53 Å². The fourth-order valence-electron chi connectivity index (χ4n) is 2.98. The highest BCUT2D eigenvalue weighted by Crippen LogP contribution is 2.34. The summed E-state index contributed by atoms with van der Waals surface area (Å²) in [6, 6.07) is 5.15. The van der Waals surface area contributed by atoms with Crippen LogP contribution >= 0.6 is 0 Å². The molecular weight excluding hydrogens is 282 g/mol. The Morgan fingerprint density at radius 2 is 1.86 bits per heavy atom. The van der Waals surface area contributed by atoms with Crippen LogP contribution in [0.2, 0.25) is 0 Å². The minimum Gasteiger partial charge on any atom is -0.459 e. The van der Waals surface area contributed by atoms with Crippen LogP contribution in [0, 0.1) is 0 Å². The summed E-state index contributed by atoms with van der Waals surface area (Å²) >= 11 is 0. The largest absolute Gasteiger partial charge is 0.459 e. The maximum absolute atomic E-state index is 12.2. The van der Waals surface area contributed by atoms with Crippen LogP contribution in [0.3, 0.4) is 0 Å². The summed E-state index contributed by atoms with van der Waals surface area (Å²) in [6.45, 7) is 1.66. The van der Waals surface area contributed by atoms with Crippen LogP contribution < -0.4 is 16.4 Å². The van der Waals surface area contributed by atoms with E-state index in [1.807, 2.05) is 0 Å². The Balaban J connectivity index is 1.72. The summed E-state index contributed by atoms with van der Waals surface area (Å²) in [4.78, 5) is 23.7. The van der Waals surface area contributed by atoms with Crippen LogP contribution in [0.5, 0.6) is 0 Å². The van der Waals surface area contributed by atoms with Gasteiger partial charge in [-0.25, -0.2) is 4.79 Å². The van der Waals surface area contributed by atoms with Crippen LogP contribution in [0.25, 0.3) is 0 Å². The average molecular weight is 303 g/mol. The number of ether oxygens (including phenoxy) is 1. The van der Waals surface area contributed by atoms with E-state index in [1.54, 1.807) is 25.1 Å². The molecular formula is C16H21N3O3. The molecule has 1 saturated carbocycles. The van der Waals surface area contributed by atoms with E-state index in [0.29, 0.717) is 11.3 Å². The molecule has 118 valence electrons. The quantitative estimate of drug-likeness (QED) is 0.744. The van der Waals surface area contributed by atoms with Gasteiger partial charge in [-0.1, -0.05) is 6.42 Å². The maximum Gasteiger partial charge on any atom is 0.338 e. The predicted molar refractivity (Wildman–Crippen MR) is 83.6 cm³/mol. The Hall–Kier alpha value is -2.24.